The maximum atomic E-state index is 13.3. The molecule has 1 N–H and O–H groups in total. The third-order valence-corrected chi connectivity index (χ3v) is 7.14. The third-order valence-electron chi connectivity index (χ3n) is 7.14. The van der Waals surface area contributed by atoms with Crippen LogP contribution >= 0.6 is 0 Å². The van der Waals surface area contributed by atoms with Crippen LogP contribution in [-0.2, 0) is 10.3 Å². The smallest absolute Gasteiger partial charge is 0.226 e. The van der Waals surface area contributed by atoms with Gasteiger partial charge in [-0.3, -0.25) is 4.79 Å². The molecule has 6 nitrogen and oxygen atoms in total. The summed E-state index contributed by atoms with van der Waals surface area (Å²) in [7, 11) is 0. The first kappa shape index (κ1) is 14.8. The lowest BCUT2D eigenvalue weighted by molar-refractivity contribution is -0.158. The van der Waals surface area contributed by atoms with Gasteiger partial charge in [0.05, 0.1) is 11.0 Å². The Morgan fingerprint density at radius 2 is 1.88 bits per heavy atom. The molecule has 0 unspecified atom stereocenters. The first-order valence-corrected chi connectivity index (χ1v) is 9.65. The number of aryl methyl sites for hydroxylation is 1. The molecule has 4 bridgehead atoms. The Bertz CT molecular complexity index is 648. The predicted octanol–water partition coefficient (Wildman–Crippen LogP) is 2.34. The van der Waals surface area contributed by atoms with E-state index in [1.165, 1.54) is 19.3 Å². The van der Waals surface area contributed by atoms with Crippen LogP contribution in [0, 0.1) is 24.2 Å². The number of nitrogens with one attached hydrogen (secondary N) is 1. The molecule has 1 aromatic rings. The van der Waals surface area contributed by atoms with E-state index in [2.05, 4.69) is 20.7 Å². The fourth-order valence-corrected chi connectivity index (χ4v) is 6.61. The Hall–Kier alpha value is -1.46. The summed E-state index contributed by atoms with van der Waals surface area (Å²) >= 11 is 0. The third kappa shape index (κ3) is 2.14. The maximum absolute atomic E-state index is 13.3. The van der Waals surface area contributed by atoms with E-state index in [9.17, 15) is 4.79 Å². The van der Waals surface area contributed by atoms with Gasteiger partial charge >= 0.3 is 0 Å². The Kier molecular flexibility index (Phi) is 3.11. The van der Waals surface area contributed by atoms with Gasteiger partial charge in [-0.05, 0) is 75.3 Å². The highest BCUT2D eigenvalue weighted by molar-refractivity contribution is 5.83. The lowest BCUT2D eigenvalue weighted by atomic mass is 9.46. The lowest BCUT2D eigenvalue weighted by Crippen LogP contribution is -2.62. The van der Waals surface area contributed by atoms with Crippen LogP contribution in [0.2, 0.25) is 0 Å². The Morgan fingerprint density at radius 3 is 2.50 bits per heavy atom. The zero-order valence-corrected chi connectivity index (χ0v) is 14.5. The molecular weight excluding hydrogens is 302 g/mol. The second kappa shape index (κ2) is 5.02. The van der Waals surface area contributed by atoms with Gasteiger partial charge in [0.2, 0.25) is 5.91 Å². The molecule has 5 saturated carbocycles. The second-order valence-electron chi connectivity index (χ2n) is 9.05. The minimum atomic E-state index is -0.186. The molecule has 0 aromatic carbocycles. The van der Waals surface area contributed by atoms with Gasteiger partial charge in [0.25, 0.3) is 0 Å². The van der Waals surface area contributed by atoms with E-state index in [4.69, 9.17) is 0 Å². The molecule has 0 radical (unpaired) electrons. The van der Waals surface area contributed by atoms with E-state index in [1.54, 1.807) is 0 Å². The number of hydrogen-bond donors (Lipinski definition) is 1. The van der Waals surface area contributed by atoms with Crippen LogP contribution < -0.4 is 5.32 Å². The quantitative estimate of drug-likeness (QED) is 0.924. The molecule has 1 amide bonds. The van der Waals surface area contributed by atoms with E-state index in [0.717, 1.165) is 50.8 Å². The Balaban J connectivity index is 1.45. The number of tetrazole rings is 1. The van der Waals surface area contributed by atoms with E-state index in [-0.39, 0.29) is 11.0 Å². The Morgan fingerprint density at radius 1 is 1.17 bits per heavy atom. The number of rotatable bonds is 3. The fraction of sp³-hybridized carbons (Fsp3) is 0.889. The van der Waals surface area contributed by atoms with Crippen molar-refractivity contribution in [3.8, 4) is 0 Å². The molecule has 24 heavy (non-hydrogen) atoms. The highest BCUT2D eigenvalue weighted by Gasteiger charge is 2.62. The molecule has 0 spiro atoms. The van der Waals surface area contributed by atoms with Crippen molar-refractivity contribution in [3.05, 3.63) is 5.82 Å². The van der Waals surface area contributed by atoms with E-state index in [1.807, 2.05) is 11.7 Å². The highest BCUT2D eigenvalue weighted by atomic mass is 16.2. The zero-order chi connectivity index (χ0) is 16.4. The van der Waals surface area contributed by atoms with Gasteiger partial charge in [0.15, 0.2) is 5.82 Å². The van der Waals surface area contributed by atoms with Gasteiger partial charge in [-0.1, -0.05) is 12.8 Å². The minimum Gasteiger partial charge on any atom is -0.353 e. The number of amides is 1. The van der Waals surface area contributed by atoms with Crippen molar-refractivity contribution in [3.63, 3.8) is 0 Å². The average Bonchev–Trinajstić information content (AvgIpc) is 3.17. The van der Waals surface area contributed by atoms with Crippen molar-refractivity contribution in [2.45, 2.75) is 82.7 Å². The van der Waals surface area contributed by atoms with Gasteiger partial charge in [-0.15, -0.1) is 10.2 Å². The highest BCUT2D eigenvalue weighted by Crippen LogP contribution is 2.64. The molecule has 5 aliphatic carbocycles. The molecule has 6 rings (SSSR count). The van der Waals surface area contributed by atoms with Crippen LogP contribution in [0.15, 0.2) is 0 Å². The summed E-state index contributed by atoms with van der Waals surface area (Å²) in [5.74, 6) is 2.35. The van der Waals surface area contributed by atoms with Crippen LogP contribution in [0.1, 0.15) is 70.0 Å². The molecule has 1 aromatic heterocycles. The molecule has 0 saturated heterocycles. The van der Waals surface area contributed by atoms with Gasteiger partial charge < -0.3 is 5.32 Å². The number of aromatic nitrogens is 4. The van der Waals surface area contributed by atoms with E-state index in [0.29, 0.717) is 23.8 Å². The van der Waals surface area contributed by atoms with E-state index < -0.39 is 0 Å². The molecule has 130 valence electrons. The van der Waals surface area contributed by atoms with Crippen LogP contribution in [0.25, 0.3) is 0 Å². The number of hydrogen-bond acceptors (Lipinski definition) is 4. The first-order chi connectivity index (χ1) is 11.6. The van der Waals surface area contributed by atoms with Crippen molar-refractivity contribution < 1.29 is 4.79 Å². The van der Waals surface area contributed by atoms with Gasteiger partial charge in [-0.25, -0.2) is 0 Å². The minimum absolute atomic E-state index is 0.0711. The van der Waals surface area contributed by atoms with Gasteiger partial charge in [0.1, 0.15) is 0 Å². The summed E-state index contributed by atoms with van der Waals surface area (Å²) in [6.45, 7) is 1.90. The summed E-state index contributed by atoms with van der Waals surface area (Å²) in [6.07, 6.45) is 11.4. The number of carbonyl (C=O) groups is 1. The summed E-state index contributed by atoms with van der Waals surface area (Å²) < 4.78 is 0. The molecule has 2 atom stereocenters. The summed E-state index contributed by atoms with van der Waals surface area (Å²) in [4.78, 5) is 15.1. The van der Waals surface area contributed by atoms with Crippen LogP contribution in [0.3, 0.4) is 0 Å². The summed E-state index contributed by atoms with van der Waals surface area (Å²) in [5, 5.41) is 16.4. The topological polar surface area (TPSA) is 72.7 Å². The molecular formula is C18H27N5O. The van der Waals surface area contributed by atoms with Crippen molar-refractivity contribution >= 4 is 5.91 Å². The standard InChI is InChI=1S/C18H27N5O/c1-12-20-22-23(21-12)18-9-13-6-14(10-18)8-17(7-13,11-18)16(24)19-15-4-2-3-5-15/h13-15H,2-11H2,1H3,(H,19,24)/t13-,14-,17?,18?/m0/s1. The maximum Gasteiger partial charge on any atom is 0.226 e. The SMILES string of the molecule is Cc1nnn(C23C[C@H]4C[C@@H](CC(C(=O)NC5CCCC5)(C4)C2)C3)n1. The van der Waals surface area contributed by atoms with E-state index >= 15 is 0 Å². The van der Waals surface area contributed by atoms with Crippen LogP contribution in [-0.4, -0.2) is 32.2 Å². The van der Waals surface area contributed by atoms with Crippen molar-refractivity contribution in [2.75, 3.05) is 0 Å². The zero-order valence-electron chi connectivity index (χ0n) is 14.5. The van der Waals surface area contributed by atoms with Gasteiger partial charge in [-0.2, -0.15) is 4.80 Å². The number of carbonyl (C=O) groups excluding carboxylic acids is 1. The Labute approximate surface area is 142 Å². The molecule has 6 heteroatoms. The normalized spacial score (nSPS) is 41.0. The van der Waals surface area contributed by atoms with Crippen molar-refractivity contribution in [1.82, 2.24) is 25.5 Å². The van der Waals surface area contributed by atoms with Crippen LogP contribution in [0.5, 0.6) is 0 Å². The predicted molar refractivity (Wildman–Crippen MR) is 88.0 cm³/mol. The van der Waals surface area contributed by atoms with Gasteiger partial charge in [0, 0.05) is 6.04 Å². The first-order valence-electron chi connectivity index (χ1n) is 9.65. The molecule has 0 aliphatic heterocycles. The average molecular weight is 329 g/mol. The van der Waals surface area contributed by atoms with Crippen molar-refractivity contribution in [1.29, 1.82) is 0 Å². The molecule has 5 aliphatic rings. The monoisotopic (exact) mass is 329 g/mol. The molecule has 1 heterocycles. The lowest BCUT2D eigenvalue weighted by Gasteiger charge is -2.60. The second-order valence-corrected chi connectivity index (χ2v) is 9.05. The van der Waals surface area contributed by atoms with Crippen molar-refractivity contribution in [2.24, 2.45) is 17.3 Å². The summed E-state index contributed by atoms with van der Waals surface area (Å²) in [5.41, 5.74) is -0.257. The summed E-state index contributed by atoms with van der Waals surface area (Å²) in [6, 6.07) is 0.410. The largest absolute Gasteiger partial charge is 0.353 e. The van der Waals surface area contributed by atoms with Crippen LogP contribution in [0.4, 0.5) is 0 Å². The molecule has 5 fully saturated rings. The fourth-order valence-electron chi connectivity index (χ4n) is 6.61. The number of nitrogens with zero attached hydrogens (tertiary/aromatic N) is 4.